The molecule has 2 heterocycles. The number of aryl methyl sites for hydroxylation is 1. The molecule has 0 atom stereocenters. The minimum Gasteiger partial charge on any atom is -0.352 e. The van der Waals surface area contributed by atoms with Gasteiger partial charge >= 0.3 is 0 Å². The van der Waals surface area contributed by atoms with Gasteiger partial charge in [-0.05, 0) is 24.6 Å². The Morgan fingerprint density at radius 1 is 1.18 bits per heavy atom. The van der Waals surface area contributed by atoms with Gasteiger partial charge in [0.1, 0.15) is 12.7 Å². The third-order valence-electron chi connectivity index (χ3n) is 3.26. The number of benzene rings is 1. The van der Waals surface area contributed by atoms with Crippen LogP contribution in [0.15, 0.2) is 55.6 Å². The summed E-state index contributed by atoms with van der Waals surface area (Å²) in [5, 5.41) is 10.4. The highest BCUT2D eigenvalue weighted by Crippen LogP contribution is 2.09. The molecule has 22 heavy (non-hydrogen) atoms. The van der Waals surface area contributed by atoms with E-state index in [2.05, 4.69) is 20.5 Å². The number of aromatic nitrogens is 5. The van der Waals surface area contributed by atoms with E-state index < -0.39 is 0 Å². The Morgan fingerprint density at radius 2 is 2.05 bits per heavy atom. The number of hydrogen-bond acceptors (Lipinski definition) is 4. The molecule has 0 saturated heterocycles. The molecule has 112 valence electrons. The second-order valence-corrected chi connectivity index (χ2v) is 4.83. The molecule has 0 radical (unpaired) electrons. The van der Waals surface area contributed by atoms with Gasteiger partial charge in [-0.2, -0.15) is 0 Å². The fourth-order valence-corrected chi connectivity index (χ4v) is 2.13. The molecule has 0 saturated carbocycles. The van der Waals surface area contributed by atoms with Gasteiger partial charge in [0, 0.05) is 36.7 Å². The monoisotopic (exact) mass is 296 g/mol. The molecule has 3 aromatic rings. The van der Waals surface area contributed by atoms with Gasteiger partial charge in [0.05, 0.1) is 6.33 Å². The number of nitrogens with one attached hydrogen (secondary N) is 1. The number of nitrogens with zero attached hydrogens (tertiary/aromatic N) is 5. The minimum atomic E-state index is -0.0828. The lowest BCUT2D eigenvalue weighted by Crippen LogP contribution is -2.25. The summed E-state index contributed by atoms with van der Waals surface area (Å²) in [6.07, 6.45) is 9.47. The van der Waals surface area contributed by atoms with Crippen LogP contribution in [0.4, 0.5) is 0 Å². The third-order valence-corrected chi connectivity index (χ3v) is 3.26. The highest BCUT2D eigenvalue weighted by Gasteiger charge is 2.06. The van der Waals surface area contributed by atoms with Crippen molar-refractivity contribution in [1.82, 2.24) is 29.6 Å². The highest BCUT2D eigenvalue weighted by atomic mass is 16.1. The first-order chi connectivity index (χ1) is 10.8. The molecule has 0 bridgehead atoms. The van der Waals surface area contributed by atoms with Crippen LogP contribution in [0.1, 0.15) is 16.8 Å². The van der Waals surface area contributed by atoms with Crippen LogP contribution in [0.3, 0.4) is 0 Å². The van der Waals surface area contributed by atoms with Crippen LogP contribution in [0.2, 0.25) is 0 Å². The van der Waals surface area contributed by atoms with E-state index in [9.17, 15) is 4.79 Å². The maximum absolute atomic E-state index is 12.2. The number of hydrogen-bond donors (Lipinski definition) is 1. The first-order valence-corrected chi connectivity index (χ1v) is 7.02. The molecule has 0 spiro atoms. The molecular weight excluding hydrogens is 280 g/mol. The fourth-order valence-electron chi connectivity index (χ4n) is 2.13. The van der Waals surface area contributed by atoms with Crippen molar-refractivity contribution in [3.8, 4) is 5.69 Å². The summed E-state index contributed by atoms with van der Waals surface area (Å²) < 4.78 is 3.74. The molecule has 7 heteroatoms. The van der Waals surface area contributed by atoms with Crippen LogP contribution < -0.4 is 5.32 Å². The van der Waals surface area contributed by atoms with Crippen molar-refractivity contribution in [2.75, 3.05) is 6.54 Å². The van der Waals surface area contributed by atoms with Crippen molar-refractivity contribution in [1.29, 1.82) is 0 Å². The van der Waals surface area contributed by atoms with Gasteiger partial charge < -0.3 is 9.88 Å². The second kappa shape index (κ2) is 6.66. The Labute approximate surface area is 127 Å². The van der Waals surface area contributed by atoms with Crippen molar-refractivity contribution in [3.63, 3.8) is 0 Å². The predicted octanol–water partition coefficient (Wildman–Crippen LogP) is 1.28. The zero-order valence-corrected chi connectivity index (χ0v) is 12.0. The molecule has 7 nitrogen and oxygen atoms in total. The molecule has 2 aromatic heterocycles. The lowest BCUT2D eigenvalue weighted by Gasteiger charge is -2.07. The summed E-state index contributed by atoms with van der Waals surface area (Å²) in [5.74, 6) is -0.0828. The lowest BCUT2D eigenvalue weighted by molar-refractivity contribution is 0.0952. The van der Waals surface area contributed by atoms with Crippen molar-refractivity contribution < 1.29 is 4.79 Å². The predicted molar refractivity (Wildman–Crippen MR) is 80.5 cm³/mol. The van der Waals surface area contributed by atoms with Crippen LogP contribution in [0, 0.1) is 0 Å². The molecule has 0 unspecified atom stereocenters. The number of imidazole rings is 1. The first kappa shape index (κ1) is 14.0. The van der Waals surface area contributed by atoms with Crippen molar-refractivity contribution in [2.24, 2.45) is 0 Å². The summed E-state index contributed by atoms with van der Waals surface area (Å²) in [6.45, 7) is 1.45. The zero-order chi connectivity index (χ0) is 15.2. The minimum absolute atomic E-state index is 0.0828. The Kier molecular flexibility index (Phi) is 4.24. The lowest BCUT2D eigenvalue weighted by atomic mass is 10.2. The normalized spacial score (nSPS) is 10.5. The summed E-state index contributed by atoms with van der Waals surface area (Å²) in [7, 11) is 0. The summed E-state index contributed by atoms with van der Waals surface area (Å²) >= 11 is 0. The van der Waals surface area contributed by atoms with Gasteiger partial charge in [-0.25, -0.2) is 4.98 Å². The van der Waals surface area contributed by atoms with Crippen LogP contribution in [-0.4, -0.2) is 36.8 Å². The summed E-state index contributed by atoms with van der Waals surface area (Å²) in [6, 6.07) is 7.35. The molecule has 3 rings (SSSR count). The van der Waals surface area contributed by atoms with Gasteiger partial charge in [-0.15, -0.1) is 10.2 Å². The molecule has 0 aliphatic heterocycles. The Hall–Kier alpha value is -2.96. The van der Waals surface area contributed by atoms with E-state index in [1.165, 1.54) is 0 Å². The standard InChI is InChI=1S/C15H16N6O/c22-15(17-5-2-7-20-8-6-16-10-20)13-3-1-4-14(9-13)21-11-18-19-12-21/h1,3-4,6,8-12H,2,5,7H2,(H,17,22). The average Bonchev–Trinajstić information content (AvgIpc) is 3.24. The SMILES string of the molecule is O=C(NCCCn1ccnc1)c1cccc(-n2cnnc2)c1. The largest absolute Gasteiger partial charge is 0.352 e. The van der Waals surface area contributed by atoms with Crippen LogP contribution in [0.25, 0.3) is 5.69 Å². The maximum atomic E-state index is 12.2. The van der Waals surface area contributed by atoms with E-state index in [1.807, 2.05) is 29.0 Å². The van der Waals surface area contributed by atoms with Crippen molar-refractivity contribution >= 4 is 5.91 Å². The number of carbonyl (C=O) groups is 1. The molecule has 1 amide bonds. The van der Waals surface area contributed by atoms with Gasteiger partial charge in [-0.3, -0.25) is 9.36 Å². The molecular formula is C15H16N6O. The van der Waals surface area contributed by atoms with E-state index in [4.69, 9.17) is 0 Å². The van der Waals surface area contributed by atoms with E-state index >= 15 is 0 Å². The first-order valence-electron chi connectivity index (χ1n) is 7.02. The molecule has 0 fully saturated rings. The summed E-state index contributed by atoms with van der Waals surface area (Å²) in [4.78, 5) is 16.1. The van der Waals surface area contributed by atoms with Crippen molar-refractivity contribution in [2.45, 2.75) is 13.0 Å². The molecule has 0 aliphatic carbocycles. The van der Waals surface area contributed by atoms with E-state index in [0.717, 1.165) is 18.7 Å². The maximum Gasteiger partial charge on any atom is 0.251 e. The number of rotatable bonds is 6. The topological polar surface area (TPSA) is 77.6 Å². The number of carbonyl (C=O) groups excluding carboxylic acids is 1. The summed E-state index contributed by atoms with van der Waals surface area (Å²) in [5.41, 5.74) is 1.48. The Bertz CT molecular complexity index is 720. The third kappa shape index (κ3) is 3.38. The van der Waals surface area contributed by atoms with Crippen LogP contribution in [0.5, 0.6) is 0 Å². The van der Waals surface area contributed by atoms with Crippen LogP contribution in [-0.2, 0) is 6.54 Å². The van der Waals surface area contributed by atoms with Crippen LogP contribution >= 0.6 is 0 Å². The van der Waals surface area contributed by atoms with E-state index in [0.29, 0.717) is 12.1 Å². The van der Waals surface area contributed by atoms with E-state index in [-0.39, 0.29) is 5.91 Å². The molecule has 1 N–H and O–H groups in total. The molecule has 1 aromatic carbocycles. The van der Waals surface area contributed by atoms with Gasteiger partial charge in [0.2, 0.25) is 0 Å². The zero-order valence-electron chi connectivity index (χ0n) is 12.0. The quantitative estimate of drug-likeness (QED) is 0.695. The molecule has 0 aliphatic rings. The Balaban J connectivity index is 1.55. The average molecular weight is 296 g/mol. The van der Waals surface area contributed by atoms with Gasteiger partial charge in [-0.1, -0.05) is 6.07 Å². The number of amides is 1. The van der Waals surface area contributed by atoms with E-state index in [1.54, 1.807) is 35.8 Å². The smallest absolute Gasteiger partial charge is 0.251 e. The van der Waals surface area contributed by atoms with Gasteiger partial charge in [0.25, 0.3) is 5.91 Å². The van der Waals surface area contributed by atoms with Gasteiger partial charge in [0.15, 0.2) is 0 Å². The van der Waals surface area contributed by atoms with Crippen molar-refractivity contribution in [3.05, 3.63) is 61.2 Å². The second-order valence-electron chi connectivity index (χ2n) is 4.83. The highest BCUT2D eigenvalue weighted by molar-refractivity contribution is 5.94. The fraction of sp³-hybridized carbons (Fsp3) is 0.200. The Morgan fingerprint density at radius 3 is 2.82 bits per heavy atom.